The molecule has 0 spiro atoms. The van der Waals surface area contributed by atoms with E-state index in [9.17, 15) is 0 Å². The molecule has 0 aromatic heterocycles. The van der Waals surface area contributed by atoms with E-state index in [1.54, 1.807) is 0 Å². The number of para-hydroxylation sites is 1. The Balaban J connectivity index is 1.88. The molecular formula is C19H24N2. The minimum Gasteiger partial charge on any atom is -0.367 e. The van der Waals surface area contributed by atoms with E-state index in [0.717, 1.165) is 19.5 Å². The standard InChI is InChI=1S/C19H24N2/c20-13-12-16-7-1-2-10-18(16)15-21-14-6-5-9-17-8-3-4-11-19(17)21/h1-4,7-8,10-11H,5-6,9,12-15,20H2. The van der Waals surface area contributed by atoms with Crippen LogP contribution in [-0.4, -0.2) is 13.1 Å². The molecule has 0 saturated heterocycles. The molecule has 1 heterocycles. The average molecular weight is 280 g/mol. The highest BCUT2D eigenvalue weighted by Gasteiger charge is 2.15. The fourth-order valence-corrected chi connectivity index (χ4v) is 3.25. The van der Waals surface area contributed by atoms with Gasteiger partial charge in [0.1, 0.15) is 0 Å². The summed E-state index contributed by atoms with van der Waals surface area (Å²) in [5.41, 5.74) is 11.5. The SMILES string of the molecule is NCCc1ccccc1CN1CCCCc2ccccc21. The fourth-order valence-electron chi connectivity index (χ4n) is 3.25. The van der Waals surface area contributed by atoms with Crippen molar-refractivity contribution in [3.63, 3.8) is 0 Å². The number of benzene rings is 2. The first-order valence-electron chi connectivity index (χ1n) is 7.98. The van der Waals surface area contributed by atoms with Crippen LogP contribution in [-0.2, 0) is 19.4 Å². The first-order chi connectivity index (χ1) is 10.4. The second-order valence-electron chi connectivity index (χ2n) is 5.81. The number of hydrogen-bond donors (Lipinski definition) is 1. The summed E-state index contributed by atoms with van der Waals surface area (Å²) in [5.74, 6) is 0. The molecular weight excluding hydrogens is 256 g/mol. The van der Waals surface area contributed by atoms with Crippen LogP contribution in [0.25, 0.3) is 0 Å². The molecule has 21 heavy (non-hydrogen) atoms. The summed E-state index contributed by atoms with van der Waals surface area (Å²) in [4.78, 5) is 2.54. The molecule has 0 amide bonds. The van der Waals surface area contributed by atoms with Crippen molar-refractivity contribution in [2.75, 3.05) is 18.0 Å². The fraction of sp³-hybridized carbons (Fsp3) is 0.368. The normalized spacial score (nSPS) is 14.6. The Hall–Kier alpha value is -1.80. The third kappa shape index (κ3) is 3.27. The Morgan fingerprint density at radius 3 is 2.52 bits per heavy atom. The van der Waals surface area contributed by atoms with Crippen molar-refractivity contribution in [2.24, 2.45) is 5.73 Å². The zero-order valence-electron chi connectivity index (χ0n) is 12.6. The molecule has 1 aliphatic rings. The van der Waals surface area contributed by atoms with Gasteiger partial charge in [0.05, 0.1) is 0 Å². The van der Waals surface area contributed by atoms with Gasteiger partial charge in [0, 0.05) is 18.8 Å². The van der Waals surface area contributed by atoms with Crippen molar-refractivity contribution < 1.29 is 0 Å². The van der Waals surface area contributed by atoms with Crippen LogP contribution in [0.5, 0.6) is 0 Å². The van der Waals surface area contributed by atoms with Crippen molar-refractivity contribution in [3.05, 3.63) is 65.2 Å². The van der Waals surface area contributed by atoms with Gasteiger partial charge in [0.25, 0.3) is 0 Å². The van der Waals surface area contributed by atoms with E-state index in [2.05, 4.69) is 53.4 Å². The molecule has 0 atom stereocenters. The number of aryl methyl sites for hydroxylation is 1. The third-order valence-electron chi connectivity index (χ3n) is 4.35. The molecule has 0 bridgehead atoms. The minimum absolute atomic E-state index is 0.716. The monoisotopic (exact) mass is 280 g/mol. The first-order valence-corrected chi connectivity index (χ1v) is 7.98. The number of fused-ring (bicyclic) bond motifs is 1. The Morgan fingerprint density at radius 1 is 0.905 bits per heavy atom. The van der Waals surface area contributed by atoms with Gasteiger partial charge < -0.3 is 10.6 Å². The summed E-state index contributed by atoms with van der Waals surface area (Å²) in [6.45, 7) is 2.86. The maximum Gasteiger partial charge on any atom is 0.0432 e. The van der Waals surface area contributed by atoms with E-state index >= 15 is 0 Å². The van der Waals surface area contributed by atoms with E-state index in [4.69, 9.17) is 5.73 Å². The number of anilines is 1. The van der Waals surface area contributed by atoms with Crippen LogP contribution in [0.1, 0.15) is 29.5 Å². The molecule has 0 unspecified atom stereocenters. The molecule has 2 aromatic rings. The van der Waals surface area contributed by atoms with Gasteiger partial charge in [-0.3, -0.25) is 0 Å². The van der Waals surface area contributed by atoms with E-state index in [-0.39, 0.29) is 0 Å². The lowest BCUT2D eigenvalue weighted by Crippen LogP contribution is -2.24. The Bertz CT molecular complexity index is 592. The molecule has 2 heteroatoms. The molecule has 2 N–H and O–H groups in total. The maximum atomic E-state index is 5.75. The lowest BCUT2D eigenvalue weighted by Gasteiger charge is -2.26. The summed E-state index contributed by atoms with van der Waals surface area (Å²) >= 11 is 0. The van der Waals surface area contributed by atoms with E-state index in [1.165, 1.54) is 41.6 Å². The summed E-state index contributed by atoms with van der Waals surface area (Å²) in [5, 5.41) is 0. The van der Waals surface area contributed by atoms with Gasteiger partial charge in [-0.05, 0) is 55.0 Å². The zero-order valence-corrected chi connectivity index (χ0v) is 12.6. The molecule has 2 nitrogen and oxygen atoms in total. The van der Waals surface area contributed by atoms with Crippen LogP contribution in [0.4, 0.5) is 5.69 Å². The van der Waals surface area contributed by atoms with E-state index < -0.39 is 0 Å². The minimum atomic E-state index is 0.716. The van der Waals surface area contributed by atoms with Gasteiger partial charge in [-0.25, -0.2) is 0 Å². The highest BCUT2D eigenvalue weighted by Crippen LogP contribution is 2.28. The predicted molar refractivity (Wildman–Crippen MR) is 89.6 cm³/mol. The number of hydrogen-bond acceptors (Lipinski definition) is 2. The smallest absolute Gasteiger partial charge is 0.0432 e. The largest absolute Gasteiger partial charge is 0.367 e. The second kappa shape index (κ2) is 6.77. The van der Waals surface area contributed by atoms with Crippen LogP contribution in [0.3, 0.4) is 0 Å². The van der Waals surface area contributed by atoms with Crippen LogP contribution < -0.4 is 10.6 Å². The van der Waals surface area contributed by atoms with Gasteiger partial charge in [-0.2, -0.15) is 0 Å². The Morgan fingerprint density at radius 2 is 1.67 bits per heavy atom. The zero-order chi connectivity index (χ0) is 14.5. The van der Waals surface area contributed by atoms with Gasteiger partial charge in [-0.1, -0.05) is 42.5 Å². The van der Waals surface area contributed by atoms with Crippen molar-refractivity contribution in [2.45, 2.75) is 32.2 Å². The van der Waals surface area contributed by atoms with Crippen molar-refractivity contribution >= 4 is 5.69 Å². The van der Waals surface area contributed by atoms with Crippen LogP contribution >= 0.6 is 0 Å². The molecule has 0 radical (unpaired) electrons. The lowest BCUT2D eigenvalue weighted by molar-refractivity contribution is 0.711. The topological polar surface area (TPSA) is 29.3 Å². The summed E-state index contributed by atoms with van der Waals surface area (Å²) in [6, 6.07) is 17.6. The van der Waals surface area contributed by atoms with Crippen molar-refractivity contribution in [1.82, 2.24) is 0 Å². The van der Waals surface area contributed by atoms with Gasteiger partial charge in [0.15, 0.2) is 0 Å². The second-order valence-corrected chi connectivity index (χ2v) is 5.81. The van der Waals surface area contributed by atoms with Crippen molar-refractivity contribution in [1.29, 1.82) is 0 Å². The first kappa shape index (κ1) is 14.2. The number of nitrogens with zero attached hydrogens (tertiary/aromatic N) is 1. The Kier molecular flexibility index (Phi) is 4.56. The summed E-state index contributed by atoms with van der Waals surface area (Å²) in [7, 11) is 0. The van der Waals surface area contributed by atoms with Gasteiger partial charge >= 0.3 is 0 Å². The Labute approximate surface area is 127 Å². The average Bonchev–Trinajstić information content (AvgIpc) is 2.72. The molecule has 0 aliphatic carbocycles. The summed E-state index contributed by atoms with van der Waals surface area (Å²) < 4.78 is 0. The molecule has 1 aliphatic heterocycles. The van der Waals surface area contributed by atoms with Crippen LogP contribution in [0.2, 0.25) is 0 Å². The number of nitrogens with two attached hydrogens (primary N) is 1. The third-order valence-corrected chi connectivity index (χ3v) is 4.35. The maximum absolute atomic E-state index is 5.75. The molecule has 0 fully saturated rings. The summed E-state index contributed by atoms with van der Waals surface area (Å²) in [6.07, 6.45) is 4.73. The van der Waals surface area contributed by atoms with Crippen LogP contribution in [0, 0.1) is 0 Å². The predicted octanol–water partition coefficient (Wildman–Crippen LogP) is 3.53. The quantitative estimate of drug-likeness (QED) is 0.928. The lowest BCUT2D eigenvalue weighted by atomic mass is 10.0. The molecule has 110 valence electrons. The molecule has 2 aromatic carbocycles. The van der Waals surface area contributed by atoms with E-state index in [0.29, 0.717) is 6.54 Å². The van der Waals surface area contributed by atoms with Crippen LogP contribution in [0.15, 0.2) is 48.5 Å². The number of rotatable bonds is 4. The molecule has 3 rings (SSSR count). The van der Waals surface area contributed by atoms with Gasteiger partial charge in [0.2, 0.25) is 0 Å². The van der Waals surface area contributed by atoms with E-state index in [1.807, 2.05) is 0 Å². The van der Waals surface area contributed by atoms with Crippen molar-refractivity contribution in [3.8, 4) is 0 Å². The molecule has 0 saturated carbocycles. The highest BCUT2D eigenvalue weighted by molar-refractivity contribution is 5.55. The van der Waals surface area contributed by atoms with Gasteiger partial charge in [-0.15, -0.1) is 0 Å². The highest BCUT2D eigenvalue weighted by atomic mass is 15.1.